The number of carbonyl (C=O) groups excluding carboxylic acids is 4. The van der Waals surface area contributed by atoms with Gasteiger partial charge in [-0.25, -0.2) is 9.97 Å². The Labute approximate surface area is 424 Å². The quantitative estimate of drug-likeness (QED) is 0.0776. The van der Waals surface area contributed by atoms with Crippen molar-refractivity contribution in [2.24, 2.45) is 11.8 Å². The van der Waals surface area contributed by atoms with Gasteiger partial charge in [0.1, 0.15) is 48.4 Å². The Bertz CT molecular complexity index is 2930. The second kappa shape index (κ2) is 21.0. The number of ether oxygens (including phenoxy) is 4. The second-order valence-corrected chi connectivity index (χ2v) is 19.8. The number of nitrogens with one attached hydrogen (secondary N) is 4. The first-order valence-electron chi connectivity index (χ1n) is 25.9. The zero-order valence-electron chi connectivity index (χ0n) is 41.4. The van der Waals surface area contributed by atoms with E-state index in [9.17, 15) is 19.2 Å². The first-order chi connectivity index (χ1) is 35.7. The van der Waals surface area contributed by atoms with Crippen molar-refractivity contribution < 1.29 is 38.1 Å². The lowest BCUT2D eigenvalue weighted by molar-refractivity contribution is -0.140. The number of benzene rings is 4. The summed E-state index contributed by atoms with van der Waals surface area (Å²) in [5.41, 5.74) is 8.82. The fourth-order valence-corrected chi connectivity index (χ4v) is 11.2. The summed E-state index contributed by atoms with van der Waals surface area (Å²) in [6.45, 7) is 7.82. The van der Waals surface area contributed by atoms with Gasteiger partial charge in [-0.15, -0.1) is 0 Å². The number of aromatic amines is 2. The molecule has 73 heavy (non-hydrogen) atoms. The topological polar surface area (TPSA) is 193 Å². The predicted octanol–water partition coefficient (Wildman–Crippen LogP) is 8.45. The molecular formula is C57H62N8O8. The number of amides is 4. The van der Waals surface area contributed by atoms with Crippen LogP contribution in [0.25, 0.3) is 33.6 Å². The van der Waals surface area contributed by atoms with Crippen molar-refractivity contribution in [2.75, 3.05) is 39.5 Å². The molecule has 6 aromatic rings. The van der Waals surface area contributed by atoms with E-state index < -0.39 is 18.1 Å². The average molecular weight is 987 g/mol. The lowest BCUT2D eigenvalue weighted by atomic mass is 9.87. The van der Waals surface area contributed by atoms with Crippen LogP contribution in [-0.2, 0) is 41.9 Å². The minimum atomic E-state index is -0.851. The Morgan fingerprint density at radius 3 is 1.81 bits per heavy atom. The molecule has 3 fully saturated rings. The van der Waals surface area contributed by atoms with Crippen LogP contribution in [0.5, 0.6) is 11.5 Å². The van der Waals surface area contributed by atoms with Gasteiger partial charge in [0.2, 0.25) is 23.6 Å². The summed E-state index contributed by atoms with van der Waals surface area (Å²) in [6.07, 6.45) is 8.40. The number of hydrogen-bond donors (Lipinski definition) is 4. The van der Waals surface area contributed by atoms with Crippen molar-refractivity contribution in [1.82, 2.24) is 40.4 Å². The highest BCUT2D eigenvalue weighted by atomic mass is 16.5. The standard InChI is InChI=1S/C57H62N8O8/c1-3-20-64(56(68)50(35-11-6-4-7-12-35)62-54(66)37-16-22-70-23-17-37)34(2)52-58-30-43(60-52)39-26-41-32-73-47-29-40(27-42-33-72-46(28-39)48(41)49(42)47)44-31-59-53(61-44)45-15-10-21-65(45)57(69)51(36-13-8-5-9-14-36)63-55(67)38-18-24-71-25-19-38/h4-9,11-14,26-31,34,37-38,45,50-51H,3,10,15-25,32-33H2,1-2H3,(H,58,60)(H,59,61)(H,62,66)(H,63,67). The number of likely N-dealkylation sites (tertiary alicyclic amines) is 1. The zero-order valence-corrected chi connectivity index (χ0v) is 41.4. The molecule has 11 rings (SSSR count). The number of rotatable bonds is 15. The lowest BCUT2D eigenvalue weighted by Crippen LogP contribution is -2.46. The normalized spacial score (nSPS) is 18.7. The molecule has 7 heterocycles. The van der Waals surface area contributed by atoms with E-state index in [0.717, 1.165) is 86.7 Å². The van der Waals surface area contributed by atoms with Crippen molar-refractivity contribution in [3.63, 3.8) is 0 Å². The van der Waals surface area contributed by atoms with Gasteiger partial charge in [0, 0.05) is 84.7 Å². The maximum atomic E-state index is 14.6. The summed E-state index contributed by atoms with van der Waals surface area (Å²) >= 11 is 0. The van der Waals surface area contributed by atoms with Crippen LogP contribution in [0.3, 0.4) is 0 Å². The minimum absolute atomic E-state index is 0.120. The summed E-state index contributed by atoms with van der Waals surface area (Å²) in [5.74, 6) is 1.84. The van der Waals surface area contributed by atoms with Crippen LogP contribution < -0.4 is 20.1 Å². The number of carbonyl (C=O) groups is 4. The van der Waals surface area contributed by atoms with E-state index in [1.165, 1.54) is 0 Å². The van der Waals surface area contributed by atoms with Crippen LogP contribution in [0, 0.1) is 11.8 Å². The zero-order chi connectivity index (χ0) is 50.0. The molecule has 4 atom stereocenters. The third-order valence-corrected chi connectivity index (χ3v) is 15.2. The molecule has 0 bridgehead atoms. The molecule has 5 aliphatic heterocycles. The molecule has 0 radical (unpaired) electrons. The smallest absolute Gasteiger partial charge is 0.250 e. The van der Waals surface area contributed by atoms with Gasteiger partial charge in [-0.2, -0.15) is 0 Å². The largest absolute Gasteiger partial charge is 0.488 e. The number of aromatic nitrogens is 4. The Morgan fingerprint density at radius 2 is 1.23 bits per heavy atom. The Balaban J connectivity index is 0.807. The molecule has 0 saturated carbocycles. The van der Waals surface area contributed by atoms with Crippen LogP contribution in [0.2, 0.25) is 0 Å². The molecule has 3 saturated heterocycles. The molecule has 4 aromatic carbocycles. The molecule has 5 aliphatic rings. The summed E-state index contributed by atoms with van der Waals surface area (Å²) < 4.78 is 24.1. The van der Waals surface area contributed by atoms with E-state index >= 15 is 0 Å². The fraction of sp³-hybridized carbons (Fsp3) is 0.404. The summed E-state index contributed by atoms with van der Waals surface area (Å²) in [7, 11) is 0. The third kappa shape index (κ3) is 9.73. The van der Waals surface area contributed by atoms with E-state index in [2.05, 4.69) is 32.7 Å². The van der Waals surface area contributed by atoms with Gasteiger partial charge in [0.25, 0.3) is 0 Å². The molecule has 16 nitrogen and oxygen atoms in total. The van der Waals surface area contributed by atoms with E-state index in [1.54, 1.807) is 11.1 Å². The Hall–Kier alpha value is -7.30. The van der Waals surface area contributed by atoms with E-state index in [0.29, 0.717) is 90.1 Å². The van der Waals surface area contributed by atoms with Crippen LogP contribution in [0.15, 0.2) is 97.3 Å². The molecule has 378 valence electrons. The predicted molar refractivity (Wildman–Crippen MR) is 272 cm³/mol. The summed E-state index contributed by atoms with van der Waals surface area (Å²) in [4.78, 5) is 76.5. The van der Waals surface area contributed by atoms with Crippen molar-refractivity contribution >= 4 is 23.6 Å². The second-order valence-electron chi connectivity index (χ2n) is 19.8. The number of hydrogen-bond acceptors (Lipinski definition) is 10. The third-order valence-electron chi connectivity index (χ3n) is 15.2. The van der Waals surface area contributed by atoms with Crippen LogP contribution in [0.1, 0.15) is 117 Å². The maximum Gasteiger partial charge on any atom is 0.250 e. The van der Waals surface area contributed by atoms with Crippen molar-refractivity contribution in [3.8, 4) is 45.1 Å². The first-order valence-corrected chi connectivity index (χ1v) is 25.9. The molecule has 4 N–H and O–H groups in total. The van der Waals surface area contributed by atoms with Crippen LogP contribution >= 0.6 is 0 Å². The number of nitrogens with zero attached hydrogens (tertiary/aromatic N) is 4. The first kappa shape index (κ1) is 48.0. The number of H-pyrrole nitrogens is 2. The Morgan fingerprint density at radius 1 is 0.699 bits per heavy atom. The molecule has 4 unspecified atom stereocenters. The SMILES string of the molecule is CCCN(C(=O)C(NC(=O)C1CCOCC1)c1ccccc1)C(C)c1ncc(-c2cc3c4c(c2)OCc2cc(-c5cnc(C6CCCN6C(=O)C(NC(=O)C6CCOCC6)c6ccccc6)[nH]5)cc(c2-4)OC3)[nH]1. The lowest BCUT2D eigenvalue weighted by Gasteiger charge is -2.33. The molecule has 4 amide bonds. The van der Waals surface area contributed by atoms with Crippen LogP contribution in [-0.4, -0.2) is 92.9 Å². The van der Waals surface area contributed by atoms with Gasteiger partial charge >= 0.3 is 0 Å². The highest BCUT2D eigenvalue weighted by Gasteiger charge is 2.39. The van der Waals surface area contributed by atoms with Gasteiger partial charge in [0.15, 0.2) is 0 Å². The van der Waals surface area contributed by atoms with Gasteiger partial charge < -0.3 is 49.3 Å². The molecular weight excluding hydrogens is 925 g/mol. The van der Waals surface area contributed by atoms with Crippen molar-refractivity contribution in [1.29, 1.82) is 0 Å². The molecule has 0 spiro atoms. The molecule has 16 heteroatoms. The van der Waals surface area contributed by atoms with E-state index in [-0.39, 0.29) is 41.5 Å². The molecule has 2 aromatic heterocycles. The Kier molecular flexibility index (Phi) is 13.8. The maximum absolute atomic E-state index is 14.6. The van der Waals surface area contributed by atoms with Gasteiger partial charge in [-0.3, -0.25) is 19.2 Å². The van der Waals surface area contributed by atoms with Gasteiger partial charge in [-0.1, -0.05) is 67.6 Å². The van der Waals surface area contributed by atoms with E-state index in [4.69, 9.17) is 28.9 Å². The molecule has 0 aliphatic carbocycles. The van der Waals surface area contributed by atoms with Crippen molar-refractivity contribution in [3.05, 3.63) is 131 Å². The summed E-state index contributed by atoms with van der Waals surface area (Å²) in [5, 5.41) is 6.22. The minimum Gasteiger partial charge on any atom is -0.488 e. The highest BCUT2D eigenvalue weighted by molar-refractivity contribution is 5.92. The average Bonchev–Trinajstić information content (AvgIpc) is 4.26. The van der Waals surface area contributed by atoms with Gasteiger partial charge in [0.05, 0.1) is 35.9 Å². The van der Waals surface area contributed by atoms with Crippen LogP contribution in [0.4, 0.5) is 0 Å². The van der Waals surface area contributed by atoms with E-state index in [1.807, 2.05) is 97.7 Å². The van der Waals surface area contributed by atoms with Crippen molar-refractivity contribution in [2.45, 2.75) is 96.2 Å². The highest BCUT2D eigenvalue weighted by Crippen LogP contribution is 2.51. The fourth-order valence-electron chi connectivity index (χ4n) is 11.2. The monoisotopic (exact) mass is 986 g/mol. The number of imidazole rings is 2. The summed E-state index contributed by atoms with van der Waals surface area (Å²) in [6, 6.07) is 24.8. The van der Waals surface area contributed by atoms with Gasteiger partial charge in [-0.05, 0) is 87.3 Å².